The van der Waals surface area contributed by atoms with Crippen LogP contribution < -0.4 is 5.32 Å². The lowest BCUT2D eigenvalue weighted by atomic mass is 10.2. The lowest BCUT2D eigenvalue weighted by Crippen LogP contribution is -2.28. The van der Waals surface area contributed by atoms with E-state index in [1.807, 2.05) is 18.2 Å². The van der Waals surface area contributed by atoms with Gasteiger partial charge in [-0.1, -0.05) is 35.0 Å². The van der Waals surface area contributed by atoms with E-state index in [0.29, 0.717) is 6.04 Å². The van der Waals surface area contributed by atoms with Crippen LogP contribution in [-0.4, -0.2) is 12.6 Å². The highest BCUT2D eigenvalue weighted by Crippen LogP contribution is 2.25. The Kier molecular flexibility index (Phi) is 5.23. The highest BCUT2D eigenvalue weighted by molar-refractivity contribution is 9.10. The van der Waals surface area contributed by atoms with E-state index in [1.165, 1.54) is 0 Å². The zero-order valence-electron chi connectivity index (χ0n) is 11.4. The van der Waals surface area contributed by atoms with E-state index >= 15 is 0 Å². The van der Waals surface area contributed by atoms with Gasteiger partial charge in [-0.3, -0.25) is 0 Å². The molecule has 1 heterocycles. The van der Waals surface area contributed by atoms with E-state index in [2.05, 4.69) is 53.3 Å². The van der Waals surface area contributed by atoms with Crippen LogP contribution in [0.4, 0.5) is 0 Å². The summed E-state index contributed by atoms with van der Waals surface area (Å²) in [6.45, 7) is 5.43. The molecule has 102 valence electrons. The second kappa shape index (κ2) is 6.92. The Morgan fingerprint density at radius 3 is 2.84 bits per heavy atom. The van der Waals surface area contributed by atoms with Gasteiger partial charge in [0.2, 0.25) is 0 Å². The molecule has 2 nitrogen and oxygen atoms in total. The molecule has 0 aliphatic heterocycles. The van der Waals surface area contributed by atoms with E-state index in [9.17, 15) is 0 Å². The zero-order chi connectivity index (χ0) is 13.7. The molecule has 3 heteroatoms. The Hall–Kier alpha value is -1.06. The molecule has 2 aromatic rings. The largest absolute Gasteiger partial charge is 0.461 e. The van der Waals surface area contributed by atoms with Gasteiger partial charge in [-0.2, -0.15) is 0 Å². The van der Waals surface area contributed by atoms with Crippen molar-refractivity contribution >= 4 is 15.9 Å². The van der Waals surface area contributed by atoms with E-state index in [0.717, 1.165) is 40.9 Å². The van der Waals surface area contributed by atoms with Crippen molar-refractivity contribution < 1.29 is 4.42 Å². The number of halogens is 1. The number of furan rings is 1. The Bertz CT molecular complexity index is 521. The summed E-state index contributed by atoms with van der Waals surface area (Å²) in [7, 11) is 0. The van der Waals surface area contributed by atoms with Crippen LogP contribution in [0.3, 0.4) is 0 Å². The first kappa shape index (κ1) is 14.4. The molecule has 0 aliphatic rings. The molecule has 19 heavy (non-hydrogen) atoms. The topological polar surface area (TPSA) is 25.2 Å². The third kappa shape index (κ3) is 4.22. The van der Waals surface area contributed by atoms with Gasteiger partial charge in [-0.05, 0) is 44.2 Å². The molecule has 1 N–H and O–H groups in total. The van der Waals surface area contributed by atoms with Crippen LogP contribution in [0.5, 0.6) is 0 Å². The standard InChI is InChI=1S/C16H20BrNO/c1-3-9-18-12(2)10-15-7-8-16(19-15)13-5-4-6-14(17)11-13/h4-8,11-12,18H,3,9-10H2,1-2H3. The molecule has 0 fully saturated rings. The van der Waals surface area contributed by atoms with Gasteiger partial charge >= 0.3 is 0 Å². The first-order valence-electron chi connectivity index (χ1n) is 6.77. The summed E-state index contributed by atoms with van der Waals surface area (Å²) in [5.74, 6) is 1.96. The van der Waals surface area contributed by atoms with Gasteiger partial charge < -0.3 is 9.73 Å². The molecule has 1 aromatic carbocycles. The molecule has 2 rings (SSSR count). The minimum atomic E-state index is 0.446. The van der Waals surface area contributed by atoms with Gasteiger partial charge in [0.05, 0.1) is 0 Å². The van der Waals surface area contributed by atoms with Gasteiger partial charge in [-0.25, -0.2) is 0 Å². The first-order chi connectivity index (χ1) is 9.19. The summed E-state index contributed by atoms with van der Waals surface area (Å²) >= 11 is 3.48. The van der Waals surface area contributed by atoms with Crippen LogP contribution in [0, 0.1) is 0 Å². The number of hydrogen-bond donors (Lipinski definition) is 1. The summed E-state index contributed by atoms with van der Waals surface area (Å²) in [4.78, 5) is 0. The fraction of sp³-hybridized carbons (Fsp3) is 0.375. The minimum Gasteiger partial charge on any atom is -0.461 e. The lowest BCUT2D eigenvalue weighted by Gasteiger charge is -2.10. The predicted octanol–water partition coefficient (Wildman–Crippen LogP) is 4.64. The quantitative estimate of drug-likeness (QED) is 0.838. The summed E-state index contributed by atoms with van der Waals surface area (Å²) in [6, 6.07) is 12.7. The van der Waals surface area contributed by atoms with Gasteiger partial charge in [-0.15, -0.1) is 0 Å². The Morgan fingerprint density at radius 2 is 2.11 bits per heavy atom. The van der Waals surface area contributed by atoms with Crippen LogP contribution in [0.25, 0.3) is 11.3 Å². The summed E-state index contributed by atoms with van der Waals surface area (Å²) in [6.07, 6.45) is 2.08. The van der Waals surface area contributed by atoms with Crippen LogP contribution in [0.1, 0.15) is 26.0 Å². The fourth-order valence-corrected chi connectivity index (χ4v) is 2.45. The smallest absolute Gasteiger partial charge is 0.134 e. The third-order valence-electron chi connectivity index (χ3n) is 3.02. The molecule has 0 saturated heterocycles. The van der Waals surface area contributed by atoms with Crippen LogP contribution >= 0.6 is 15.9 Å². The van der Waals surface area contributed by atoms with Crippen molar-refractivity contribution in [3.8, 4) is 11.3 Å². The SMILES string of the molecule is CCCNC(C)Cc1ccc(-c2cccc(Br)c2)o1. The van der Waals surface area contributed by atoms with Crippen molar-refractivity contribution in [2.24, 2.45) is 0 Å². The van der Waals surface area contributed by atoms with Gasteiger partial charge in [0.15, 0.2) is 0 Å². The van der Waals surface area contributed by atoms with Crippen molar-refractivity contribution in [3.63, 3.8) is 0 Å². The maximum Gasteiger partial charge on any atom is 0.134 e. The molecule has 1 atom stereocenters. The second-order valence-corrected chi connectivity index (χ2v) is 5.75. The van der Waals surface area contributed by atoms with Crippen molar-refractivity contribution in [3.05, 3.63) is 46.6 Å². The van der Waals surface area contributed by atoms with Crippen molar-refractivity contribution in [1.29, 1.82) is 0 Å². The Morgan fingerprint density at radius 1 is 1.26 bits per heavy atom. The summed E-state index contributed by atoms with van der Waals surface area (Å²) in [5.41, 5.74) is 1.11. The lowest BCUT2D eigenvalue weighted by molar-refractivity contribution is 0.464. The molecule has 0 amide bonds. The molecule has 0 saturated carbocycles. The number of rotatable bonds is 6. The van der Waals surface area contributed by atoms with Gasteiger partial charge in [0, 0.05) is 22.5 Å². The molecule has 0 radical (unpaired) electrons. The predicted molar refractivity (Wildman–Crippen MR) is 83.3 cm³/mol. The number of hydrogen-bond acceptors (Lipinski definition) is 2. The molecule has 0 bridgehead atoms. The summed E-state index contributed by atoms with van der Waals surface area (Å²) in [5, 5.41) is 3.47. The number of benzene rings is 1. The van der Waals surface area contributed by atoms with Crippen LogP contribution in [0.15, 0.2) is 45.3 Å². The molecule has 1 aromatic heterocycles. The molecule has 1 unspecified atom stereocenters. The highest BCUT2D eigenvalue weighted by Gasteiger charge is 2.08. The van der Waals surface area contributed by atoms with Crippen molar-refractivity contribution in [2.45, 2.75) is 32.7 Å². The molecule has 0 aliphatic carbocycles. The first-order valence-corrected chi connectivity index (χ1v) is 7.56. The zero-order valence-corrected chi connectivity index (χ0v) is 13.0. The van der Waals surface area contributed by atoms with Gasteiger partial charge in [0.1, 0.15) is 11.5 Å². The monoisotopic (exact) mass is 321 g/mol. The number of nitrogens with one attached hydrogen (secondary N) is 1. The molecule has 0 spiro atoms. The Balaban J connectivity index is 2.03. The van der Waals surface area contributed by atoms with E-state index in [1.54, 1.807) is 0 Å². The maximum absolute atomic E-state index is 5.91. The third-order valence-corrected chi connectivity index (χ3v) is 3.51. The van der Waals surface area contributed by atoms with E-state index < -0.39 is 0 Å². The summed E-state index contributed by atoms with van der Waals surface area (Å²) < 4.78 is 6.98. The van der Waals surface area contributed by atoms with E-state index in [-0.39, 0.29) is 0 Å². The second-order valence-electron chi connectivity index (χ2n) is 4.84. The van der Waals surface area contributed by atoms with Crippen LogP contribution in [-0.2, 0) is 6.42 Å². The average molecular weight is 322 g/mol. The highest BCUT2D eigenvalue weighted by atomic mass is 79.9. The minimum absolute atomic E-state index is 0.446. The van der Waals surface area contributed by atoms with Crippen molar-refractivity contribution in [1.82, 2.24) is 5.32 Å². The van der Waals surface area contributed by atoms with Crippen LogP contribution in [0.2, 0.25) is 0 Å². The normalized spacial score (nSPS) is 12.6. The molecular formula is C16H20BrNO. The molecular weight excluding hydrogens is 302 g/mol. The maximum atomic E-state index is 5.91. The van der Waals surface area contributed by atoms with Gasteiger partial charge in [0.25, 0.3) is 0 Å². The van der Waals surface area contributed by atoms with E-state index in [4.69, 9.17) is 4.42 Å². The fourth-order valence-electron chi connectivity index (χ4n) is 2.05. The van der Waals surface area contributed by atoms with Crippen molar-refractivity contribution in [2.75, 3.05) is 6.54 Å². The average Bonchev–Trinajstić information content (AvgIpc) is 2.85. The Labute approximate surface area is 123 Å².